The van der Waals surface area contributed by atoms with Crippen molar-refractivity contribution in [3.63, 3.8) is 0 Å². The quantitative estimate of drug-likeness (QED) is 0.593. The standard InChI is InChI=1S/C24H28N2O3/c1-16-5-4-6-18(13-16)15-28-24-25-22-14-21(11-12-23(22)26(24)3)29-20-9-7-19(8-10-20)17(2)27/h4-6,11-14,19-20H,7-10,15H2,1-3H3/t19-,20+. The third-order valence-corrected chi connectivity index (χ3v) is 5.81. The third kappa shape index (κ3) is 4.44. The smallest absolute Gasteiger partial charge is 0.297 e. The second-order valence-corrected chi connectivity index (χ2v) is 8.08. The summed E-state index contributed by atoms with van der Waals surface area (Å²) in [6.45, 7) is 4.26. The Hall–Kier alpha value is -2.82. The van der Waals surface area contributed by atoms with Crippen LogP contribution >= 0.6 is 0 Å². The van der Waals surface area contributed by atoms with Crippen LogP contribution in [0.25, 0.3) is 11.0 Å². The Morgan fingerprint density at radius 3 is 2.66 bits per heavy atom. The first-order valence-electron chi connectivity index (χ1n) is 10.3. The van der Waals surface area contributed by atoms with Crippen LogP contribution in [-0.4, -0.2) is 21.4 Å². The molecule has 1 aliphatic carbocycles. The number of aryl methyl sites for hydroxylation is 2. The van der Waals surface area contributed by atoms with Gasteiger partial charge in [0.25, 0.3) is 6.01 Å². The van der Waals surface area contributed by atoms with E-state index in [1.165, 1.54) is 5.56 Å². The van der Waals surface area contributed by atoms with Gasteiger partial charge in [-0.25, -0.2) is 0 Å². The van der Waals surface area contributed by atoms with Crippen molar-refractivity contribution in [1.29, 1.82) is 0 Å². The fourth-order valence-electron chi connectivity index (χ4n) is 4.09. The molecule has 2 aromatic carbocycles. The topological polar surface area (TPSA) is 53.4 Å². The average molecular weight is 392 g/mol. The van der Waals surface area contributed by atoms with Crippen LogP contribution in [0.2, 0.25) is 0 Å². The Morgan fingerprint density at radius 2 is 1.93 bits per heavy atom. The molecule has 0 amide bonds. The van der Waals surface area contributed by atoms with Crippen molar-refractivity contribution >= 4 is 16.8 Å². The average Bonchev–Trinajstić information content (AvgIpc) is 3.02. The summed E-state index contributed by atoms with van der Waals surface area (Å²) in [7, 11) is 1.96. The summed E-state index contributed by atoms with van der Waals surface area (Å²) < 4.78 is 14.1. The summed E-state index contributed by atoms with van der Waals surface area (Å²) in [4.78, 5) is 16.2. The van der Waals surface area contributed by atoms with Crippen LogP contribution in [0, 0.1) is 12.8 Å². The molecule has 3 aromatic rings. The minimum atomic E-state index is 0.170. The molecule has 1 saturated carbocycles. The zero-order valence-corrected chi connectivity index (χ0v) is 17.4. The van der Waals surface area contributed by atoms with Gasteiger partial charge in [-0.15, -0.1) is 0 Å². The van der Waals surface area contributed by atoms with Gasteiger partial charge in [-0.3, -0.25) is 9.36 Å². The molecule has 0 spiro atoms. The Bertz CT molecular complexity index is 1020. The minimum absolute atomic E-state index is 0.170. The van der Waals surface area contributed by atoms with Crippen LogP contribution in [0.1, 0.15) is 43.7 Å². The van der Waals surface area contributed by atoms with Gasteiger partial charge in [0.1, 0.15) is 18.1 Å². The van der Waals surface area contributed by atoms with Crippen molar-refractivity contribution in [2.75, 3.05) is 0 Å². The molecule has 0 unspecified atom stereocenters. The highest BCUT2D eigenvalue weighted by molar-refractivity contribution is 5.79. The minimum Gasteiger partial charge on any atom is -0.490 e. The largest absolute Gasteiger partial charge is 0.490 e. The van der Waals surface area contributed by atoms with Crippen LogP contribution in [-0.2, 0) is 18.4 Å². The molecule has 0 atom stereocenters. The normalized spacial score (nSPS) is 19.3. The molecule has 1 aliphatic rings. The summed E-state index contributed by atoms with van der Waals surface area (Å²) >= 11 is 0. The molecule has 0 N–H and O–H groups in total. The predicted octanol–water partition coefficient (Wildman–Crippen LogP) is 4.99. The van der Waals surface area contributed by atoms with Crippen molar-refractivity contribution in [3.05, 3.63) is 53.6 Å². The number of ketones is 1. The van der Waals surface area contributed by atoms with E-state index in [1.807, 2.05) is 35.9 Å². The molecule has 29 heavy (non-hydrogen) atoms. The molecule has 1 fully saturated rings. The van der Waals surface area contributed by atoms with Gasteiger partial charge in [-0.05, 0) is 57.2 Å². The first-order valence-corrected chi connectivity index (χ1v) is 10.3. The maximum absolute atomic E-state index is 11.5. The Kier molecular flexibility index (Phi) is 5.56. The lowest BCUT2D eigenvalue weighted by atomic mass is 9.85. The van der Waals surface area contributed by atoms with E-state index in [9.17, 15) is 4.79 Å². The molecule has 0 aliphatic heterocycles. The number of carbonyl (C=O) groups is 1. The van der Waals surface area contributed by atoms with Crippen molar-refractivity contribution in [2.45, 2.75) is 52.2 Å². The molecule has 1 heterocycles. The summed E-state index contributed by atoms with van der Waals surface area (Å²) in [6, 6.07) is 14.9. The number of fused-ring (bicyclic) bond motifs is 1. The van der Waals surface area contributed by atoms with Crippen LogP contribution in [0.3, 0.4) is 0 Å². The van der Waals surface area contributed by atoms with Gasteiger partial charge in [0.15, 0.2) is 0 Å². The lowest BCUT2D eigenvalue weighted by Crippen LogP contribution is -2.26. The van der Waals surface area contributed by atoms with E-state index in [2.05, 4.69) is 30.1 Å². The fraction of sp³-hybridized carbons (Fsp3) is 0.417. The first kappa shape index (κ1) is 19.5. The van der Waals surface area contributed by atoms with Crippen LogP contribution in [0.5, 0.6) is 11.8 Å². The molecular weight excluding hydrogens is 364 g/mol. The first-order chi connectivity index (χ1) is 14.0. The Morgan fingerprint density at radius 1 is 1.14 bits per heavy atom. The molecule has 1 aromatic heterocycles. The molecule has 5 heteroatoms. The number of nitrogens with zero attached hydrogens (tertiary/aromatic N) is 2. The van der Waals surface area contributed by atoms with E-state index in [4.69, 9.17) is 9.47 Å². The lowest BCUT2D eigenvalue weighted by molar-refractivity contribution is -0.122. The van der Waals surface area contributed by atoms with E-state index < -0.39 is 0 Å². The molecule has 152 valence electrons. The van der Waals surface area contributed by atoms with Crippen molar-refractivity contribution in [3.8, 4) is 11.8 Å². The number of carbonyl (C=O) groups excluding carboxylic acids is 1. The van der Waals surface area contributed by atoms with Crippen LogP contribution in [0.15, 0.2) is 42.5 Å². The van der Waals surface area contributed by atoms with Gasteiger partial charge >= 0.3 is 0 Å². The lowest BCUT2D eigenvalue weighted by Gasteiger charge is -2.27. The number of Topliss-reactive ketones (excluding diaryl/α,β-unsaturated/α-hetero) is 1. The fourth-order valence-corrected chi connectivity index (χ4v) is 4.09. The highest BCUT2D eigenvalue weighted by atomic mass is 16.5. The number of rotatable bonds is 6. The van der Waals surface area contributed by atoms with E-state index in [0.717, 1.165) is 48.0 Å². The number of benzene rings is 2. The highest BCUT2D eigenvalue weighted by Crippen LogP contribution is 2.30. The number of hydrogen-bond donors (Lipinski definition) is 0. The zero-order chi connectivity index (χ0) is 20.4. The van der Waals surface area contributed by atoms with Gasteiger partial charge in [0.05, 0.1) is 17.1 Å². The van der Waals surface area contributed by atoms with Gasteiger partial charge in [-0.1, -0.05) is 29.8 Å². The molecular formula is C24H28N2O3. The van der Waals surface area contributed by atoms with Crippen molar-refractivity contribution < 1.29 is 14.3 Å². The highest BCUT2D eigenvalue weighted by Gasteiger charge is 2.25. The second-order valence-electron chi connectivity index (χ2n) is 8.08. The van der Waals surface area contributed by atoms with E-state index >= 15 is 0 Å². The predicted molar refractivity (Wildman–Crippen MR) is 113 cm³/mol. The Balaban J connectivity index is 1.43. The summed E-state index contributed by atoms with van der Waals surface area (Å²) in [6.07, 6.45) is 3.86. The van der Waals surface area contributed by atoms with Gasteiger partial charge in [-0.2, -0.15) is 4.98 Å². The van der Waals surface area contributed by atoms with E-state index in [0.29, 0.717) is 18.4 Å². The summed E-state index contributed by atoms with van der Waals surface area (Å²) in [5, 5.41) is 0. The van der Waals surface area contributed by atoms with Gasteiger partial charge < -0.3 is 9.47 Å². The SMILES string of the molecule is Cc1cccc(COc2nc3cc(O[C@H]4CC[C@@H](C(C)=O)CC4)ccc3n2C)c1. The summed E-state index contributed by atoms with van der Waals surface area (Å²) in [5.41, 5.74) is 4.22. The third-order valence-electron chi connectivity index (χ3n) is 5.81. The maximum Gasteiger partial charge on any atom is 0.297 e. The van der Waals surface area contributed by atoms with Crippen molar-refractivity contribution in [2.24, 2.45) is 13.0 Å². The Labute approximate surface area is 171 Å². The monoisotopic (exact) mass is 392 g/mol. The van der Waals surface area contributed by atoms with Gasteiger partial charge in [0.2, 0.25) is 0 Å². The molecule has 4 rings (SSSR count). The molecule has 5 nitrogen and oxygen atoms in total. The molecule has 0 saturated heterocycles. The zero-order valence-electron chi connectivity index (χ0n) is 17.4. The van der Waals surface area contributed by atoms with Crippen molar-refractivity contribution in [1.82, 2.24) is 9.55 Å². The summed E-state index contributed by atoms with van der Waals surface area (Å²) in [5.74, 6) is 1.34. The molecule has 0 radical (unpaired) electrons. The maximum atomic E-state index is 11.5. The number of ether oxygens (including phenoxy) is 2. The number of aromatic nitrogens is 2. The van der Waals surface area contributed by atoms with Gasteiger partial charge in [0, 0.05) is 19.0 Å². The number of imidazole rings is 1. The second kappa shape index (κ2) is 8.27. The van der Waals surface area contributed by atoms with Crippen LogP contribution < -0.4 is 9.47 Å². The molecule has 0 bridgehead atoms. The van der Waals surface area contributed by atoms with E-state index in [-0.39, 0.29) is 12.0 Å². The van der Waals surface area contributed by atoms with Crippen LogP contribution in [0.4, 0.5) is 0 Å². The van der Waals surface area contributed by atoms with E-state index in [1.54, 1.807) is 6.92 Å². The number of hydrogen-bond acceptors (Lipinski definition) is 4.